The number of aromatic nitrogens is 2. The van der Waals surface area contributed by atoms with Gasteiger partial charge < -0.3 is 10.6 Å². The molecule has 0 bridgehead atoms. The first-order valence-corrected chi connectivity index (χ1v) is 10.3. The van der Waals surface area contributed by atoms with E-state index in [9.17, 15) is 0 Å². The molecule has 0 amide bonds. The Labute approximate surface area is 180 Å². The van der Waals surface area contributed by atoms with Crippen LogP contribution in [0.5, 0.6) is 0 Å². The number of benzene rings is 2. The fourth-order valence-electron chi connectivity index (χ4n) is 2.76. The predicted molar refractivity (Wildman–Crippen MR) is 123 cm³/mol. The van der Waals surface area contributed by atoms with Gasteiger partial charge in [-0.2, -0.15) is 5.10 Å². The molecule has 0 radical (unpaired) electrons. The predicted octanol–water partition coefficient (Wildman–Crippen LogP) is 6.39. The highest BCUT2D eigenvalue weighted by atomic mass is 35.5. The molecule has 2 aromatic carbocycles. The minimum atomic E-state index is 0.501. The van der Waals surface area contributed by atoms with Gasteiger partial charge in [0.1, 0.15) is 0 Å². The molecule has 1 heterocycles. The number of unbranched alkanes of at least 4 members (excludes halogenated alkanes) is 1. The summed E-state index contributed by atoms with van der Waals surface area (Å²) in [5, 5.41) is 12.4. The highest BCUT2D eigenvalue weighted by Crippen LogP contribution is 2.23. The average molecular weight is 433 g/mol. The molecule has 146 valence electrons. The van der Waals surface area contributed by atoms with Crippen molar-refractivity contribution in [3.63, 3.8) is 0 Å². The van der Waals surface area contributed by atoms with Crippen molar-refractivity contribution in [3.8, 4) is 0 Å². The van der Waals surface area contributed by atoms with E-state index in [4.69, 9.17) is 35.4 Å². The standard InChI is InChI=1S/C21H22Cl2N4S/c1-2-3-4-15-5-8-17(9-6-15)24-21(28)25-20-11-12-27(26-20)14-16-7-10-18(22)19(23)13-16/h5-13H,2-4,14H2,1H3,(H2,24,25,26,28). The molecule has 0 atom stereocenters. The number of nitrogens with one attached hydrogen (secondary N) is 2. The van der Waals surface area contributed by atoms with Crippen molar-refractivity contribution in [1.82, 2.24) is 9.78 Å². The molecule has 0 aliphatic carbocycles. The molecule has 28 heavy (non-hydrogen) atoms. The number of aryl methyl sites for hydroxylation is 1. The summed E-state index contributed by atoms with van der Waals surface area (Å²) < 4.78 is 1.81. The summed E-state index contributed by atoms with van der Waals surface area (Å²) in [4.78, 5) is 0. The van der Waals surface area contributed by atoms with Crippen LogP contribution in [0.1, 0.15) is 30.9 Å². The number of hydrogen-bond acceptors (Lipinski definition) is 2. The average Bonchev–Trinajstić information content (AvgIpc) is 3.10. The van der Waals surface area contributed by atoms with Crippen molar-refractivity contribution < 1.29 is 0 Å². The number of anilines is 2. The van der Waals surface area contributed by atoms with E-state index in [1.807, 2.05) is 41.2 Å². The molecule has 2 N–H and O–H groups in total. The van der Waals surface area contributed by atoms with Crippen molar-refractivity contribution in [3.05, 3.63) is 75.9 Å². The quantitative estimate of drug-likeness (QED) is 0.424. The molecule has 0 aliphatic rings. The van der Waals surface area contributed by atoms with Gasteiger partial charge >= 0.3 is 0 Å². The third kappa shape index (κ3) is 5.96. The van der Waals surface area contributed by atoms with Gasteiger partial charge in [0.25, 0.3) is 0 Å². The molecule has 0 fully saturated rings. The van der Waals surface area contributed by atoms with Crippen LogP contribution in [0.2, 0.25) is 10.0 Å². The first kappa shape index (κ1) is 20.6. The summed E-state index contributed by atoms with van der Waals surface area (Å²) in [7, 11) is 0. The smallest absolute Gasteiger partial charge is 0.176 e. The van der Waals surface area contributed by atoms with Crippen LogP contribution < -0.4 is 10.6 Å². The van der Waals surface area contributed by atoms with E-state index in [1.54, 1.807) is 6.07 Å². The fraction of sp³-hybridized carbons (Fsp3) is 0.238. The molecule has 0 saturated carbocycles. The Morgan fingerprint density at radius 1 is 1.00 bits per heavy atom. The second kappa shape index (κ2) is 9.92. The largest absolute Gasteiger partial charge is 0.332 e. The Balaban J connectivity index is 1.54. The Bertz CT molecular complexity index is 938. The van der Waals surface area contributed by atoms with Gasteiger partial charge in [-0.3, -0.25) is 4.68 Å². The maximum absolute atomic E-state index is 6.07. The summed E-state index contributed by atoms with van der Waals surface area (Å²) in [5.41, 5.74) is 3.31. The maximum atomic E-state index is 6.07. The van der Waals surface area contributed by atoms with Crippen molar-refractivity contribution in [2.75, 3.05) is 10.6 Å². The lowest BCUT2D eigenvalue weighted by Crippen LogP contribution is -2.19. The van der Waals surface area contributed by atoms with E-state index in [0.29, 0.717) is 27.5 Å². The van der Waals surface area contributed by atoms with Crippen LogP contribution in [-0.4, -0.2) is 14.9 Å². The third-order valence-corrected chi connectivity index (χ3v) is 5.18. The Hall–Kier alpha value is -2.08. The van der Waals surface area contributed by atoms with E-state index in [1.165, 1.54) is 18.4 Å². The second-order valence-electron chi connectivity index (χ2n) is 6.53. The van der Waals surface area contributed by atoms with Gasteiger partial charge in [0.2, 0.25) is 0 Å². The lowest BCUT2D eigenvalue weighted by atomic mass is 10.1. The lowest BCUT2D eigenvalue weighted by Gasteiger charge is -2.09. The SMILES string of the molecule is CCCCc1ccc(NC(=S)Nc2ccn(Cc3ccc(Cl)c(Cl)c3)n2)cc1. The molecule has 3 aromatic rings. The number of thiocarbonyl (C=S) groups is 1. The molecular weight excluding hydrogens is 411 g/mol. The molecule has 1 aromatic heterocycles. The van der Waals surface area contributed by atoms with Gasteiger partial charge in [0.15, 0.2) is 10.9 Å². The zero-order valence-corrected chi connectivity index (χ0v) is 17.9. The van der Waals surface area contributed by atoms with Gasteiger partial charge in [-0.1, -0.05) is 54.7 Å². The lowest BCUT2D eigenvalue weighted by molar-refractivity contribution is 0.690. The van der Waals surface area contributed by atoms with Crippen LogP contribution in [0.15, 0.2) is 54.7 Å². The van der Waals surface area contributed by atoms with Crippen LogP contribution in [0.3, 0.4) is 0 Å². The minimum Gasteiger partial charge on any atom is -0.332 e. The zero-order valence-electron chi connectivity index (χ0n) is 15.6. The molecule has 7 heteroatoms. The highest BCUT2D eigenvalue weighted by molar-refractivity contribution is 7.80. The van der Waals surface area contributed by atoms with E-state index in [-0.39, 0.29) is 0 Å². The number of rotatable bonds is 7. The first-order valence-electron chi connectivity index (χ1n) is 9.18. The monoisotopic (exact) mass is 432 g/mol. The van der Waals surface area contributed by atoms with Crippen LogP contribution in [-0.2, 0) is 13.0 Å². The normalized spacial score (nSPS) is 10.7. The molecule has 0 saturated heterocycles. The number of halogens is 2. The minimum absolute atomic E-state index is 0.501. The summed E-state index contributed by atoms with van der Waals surface area (Å²) >= 11 is 17.4. The molecule has 0 aliphatic heterocycles. The Morgan fingerprint density at radius 3 is 2.46 bits per heavy atom. The van der Waals surface area contributed by atoms with Crippen LogP contribution in [0.4, 0.5) is 11.5 Å². The van der Waals surface area contributed by atoms with Crippen molar-refractivity contribution >= 4 is 52.0 Å². The van der Waals surface area contributed by atoms with Crippen LogP contribution in [0, 0.1) is 0 Å². The number of nitrogens with zero attached hydrogens (tertiary/aromatic N) is 2. The van der Waals surface area contributed by atoms with E-state index in [0.717, 1.165) is 17.7 Å². The maximum Gasteiger partial charge on any atom is 0.176 e. The Kier molecular flexibility index (Phi) is 7.31. The van der Waals surface area contributed by atoms with E-state index >= 15 is 0 Å². The van der Waals surface area contributed by atoms with Gasteiger partial charge in [-0.25, -0.2) is 0 Å². The molecule has 3 rings (SSSR count). The van der Waals surface area contributed by atoms with Gasteiger partial charge in [-0.15, -0.1) is 0 Å². The fourth-order valence-corrected chi connectivity index (χ4v) is 3.30. The highest BCUT2D eigenvalue weighted by Gasteiger charge is 2.05. The van der Waals surface area contributed by atoms with E-state index in [2.05, 4.69) is 34.8 Å². The third-order valence-electron chi connectivity index (χ3n) is 4.24. The van der Waals surface area contributed by atoms with Crippen LogP contribution >= 0.6 is 35.4 Å². The Morgan fingerprint density at radius 2 is 1.75 bits per heavy atom. The van der Waals surface area contributed by atoms with Crippen molar-refractivity contribution in [1.29, 1.82) is 0 Å². The van der Waals surface area contributed by atoms with Crippen LogP contribution in [0.25, 0.3) is 0 Å². The summed E-state index contributed by atoms with van der Waals surface area (Å²) in [5.74, 6) is 0.678. The molecule has 4 nitrogen and oxygen atoms in total. The molecular formula is C21H22Cl2N4S. The zero-order chi connectivity index (χ0) is 19.9. The second-order valence-corrected chi connectivity index (χ2v) is 7.75. The van der Waals surface area contributed by atoms with Gasteiger partial charge in [0, 0.05) is 18.0 Å². The van der Waals surface area contributed by atoms with Crippen molar-refractivity contribution in [2.24, 2.45) is 0 Å². The summed E-state index contributed by atoms with van der Waals surface area (Å²) in [6.07, 6.45) is 5.40. The summed E-state index contributed by atoms with van der Waals surface area (Å²) in [6, 6.07) is 15.8. The van der Waals surface area contributed by atoms with Crippen molar-refractivity contribution in [2.45, 2.75) is 32.7 Å². The van der Waals surface area contributed by atoms with Gasteiger partial charge in [0.05, 0.1) is 16.6 Å². The summed E-state index contributed by atoms with van der Waals surface area (Å²) in [6.45, 7) is 2.80. The topological polar surface area (TPSA) is 41.9 Å². The van der Waals surface area contributed by atoms with E-state index < -0.39 is 0 Å². The number of hydrogen-bond donors (Lipinski definition) is 2. The molecule has 0 unspecified atom stereocenters. The van der Waals surface area contributed by atoms with Gasteiger partial charge in [-0.05, 0) is 60.5 Å². The first-order chi connectivity index (χ1) is 13.5. The molecule has 0 spiro atoms.